The molecule has 116 valence electrons. The van der Waals surface area contributed by atoms with Gasteiger partial charge in [-0.2, -0.15) is 11.8 Å². The Morgan fingerprint density at radius 2 is 2.29 bits per heavy atom. The van der Waals surface area contributed by atoms with Crippen LogP contribution in [0.1, 0.15) is 19.4 Å². The lowest BCUT2D eigenvalue weighted by Crippen LogP contribution is -2.50. The maximum absolute atomic E-state index is 13.3. The molecule has 1 aromatic rings. The van der Waals surface area contributed by atoms with Crippen molar-refractivity contribution in [3.05, 3.63) is 29.6 Å². The zero-order valence-electron chi connectivity index (χ0n) is 12.7. The Bertz CT molecular complexity index is 534. The summed E-state index contributed by atoms with van der Waals surface area (Å²) in [7, 11) is 1.76. The molecule has 1 heterocycles. The summed E-state index contributed by atoms with van der Waals surface area (Å²) in [5, 5.41) is 12.5. The molecule has 4 nitrogen and oxygen atoms in total. The van der Waals surface area contributed by atoms with Crippen molar-refractivity contribution >= 4 is 17.7 Å². The number of aromatic hydroxyl groups is 1. The summed E-state index contributed by atoms with van der Waals surface area (Å²) in [5.41, 5.74) is 0.775. The minimum Gasteiger partial charge on any atom is -0.505 e. The predicted molar refractivity (Wildman–Crippen MR) is 86.4 cm³/mol. The smallest absolute Gasteiger partial charge is 0.193 e. The molecule has 6 heteroatoms. The first-order valence-corrected chi connectivity index (χ1v) is 7.97. The number of hydrogen-bond acceptors (Lipinski definition) is 3. The third-order valence-corrected chi connectivity index (χ3v) is 4.70. The summed E-state index contributed by atoms with van der Waals surface area (Å²) in [6.07, 6.45) is 0. The summed E-state index contributed by atoms with van der Waals surface area (Å²) in [6.45, 7) is 6.83. The number of aliphatic imine (C=N–C) groups is 1. The molecule has 0 bridgehead atoms. The fourth-order valence-electron chi connectivity index (χ4n) is 2.37. The van der Waals surface area contributed by atoms with E-state index in [2.05, 4.69) is 29.1 Å². The number of halogens is 1. The second-order valence-electron chi connectivity index (χ2n) is 5.72. The van der Waals surface area contributed by atoms with Gasteiger partial charge in [-0.1, -0.05) is 6.07 Å². The molecule has 1 fully saturated rings. The van der Waals surface area contributed by atoms with Crippen molar-refractivity contribution in [2.75, 3.05) is 25.9 Å². The van der Waals surface area contributed by atoms with Gasteiger partial charge in [0.2, 0.25) is 0 Å². The van der Waals surface area contributed by atoms with Gasteiger partial charge in [0.15, 0.2) is 17.5 Å². The molecule has 2 rings (SSSR count). The summed E-state index contributed by atoms with van der Waals surface area (Å²) >= 11 is 1.97. The van der Waals surface area contributed by atoms with Gasteiger partial charge in [0.1, 0.15) is 0 Å². The fourth-order valence-corrected chi connectivity index (χ4v) is 3.48. The molecule has 0 amide bonds. The lowest BCUT2D eigenvalue weighted by Gasteiger charge is -2.39. The van der Waals surface area contributed by atoms with E-state index in [9.17, 15) is 9.50 Å². The Morgan fingerprint density at radius 3 is 2.90 bits per heavy atom. The Hall–Kier alpha value is -1.43. The van der Waals surface area contributed by atoms with E-state index in [1.807, 2.05) is 11.8 Å². The summed E-state index contributed by atoms with van der Waals surface area (Å²) in [4.78, 5) is 6.54. The van der Waals surface area contributed by atoms with E-state index < -0.39 is 5.82 Å². The van der Waals surface area contributed by atoms with Crippen LogP contribution < -0.4 is 5.32 Å². The molecule has 2 N–H and O–H groups in total. The lowest BCUT2D eigenvalue weighted by atomic mass is 10.2. The third kappa shape index (κ3) is 4.27. The number of guanidine groups is 1. The number of rotatable bonds is 2. The van der Waals surface area contributed by atoms with Crippen LogP contribution in [-0.4, -0.2) is 46.6 Å². The molecule has 0 aliphatic carbocycles. The standard InChI is InChI=1S/C15H22FN3OS/c1-15(2)10-19(6-7-21-15)14(17-3)18-9-11-4-5-13(20)12(16)8-11/h4-5,8,20H,6-7,9-10H2,1-3H3,(H,17,18). The normalized spacial score (nSPS) is 18.7. The van der Waals surface area contributed by atoms with Crippen LogP contribution in [0, 0.1) is 5.82 Å². The van der Waals surface area contributed by atoms with Crippen LogP contribution >= 0.6 is 11.8 Å². The molecule has 0 atom stereocenters. The van der Waals surface area contributed by atoms with Crippen molar-refractivity contribution in [2.45, 2.75) is 25.1 Å². The molecule has 1 aliphatic heterocycles. The highest BCUT2D eigenvalue weighted by atomic mass is 32.2. The van der Waals surface area contributed by atoms with E-state index in [1.165, 1.54) is 12.1 Å². The van der Waals surface area contributed by atoms with E-state index in [0.717, 1.165) is 30.4 Å². The van der Waals surface area contributed by atoms with Crippen LogP contribution in [-0.2, 0) is 6.54 Å². The zero-order chi connectivity index (χ0) is 15.5. The number of benzene rings is 1. The fraction of sp³-hybridized carbons (Fsp3) is 0.533. The van der Waals surface area contributed by atoms with Crippen LogP contribution in [0.25, 0.3) is 0 Å². The number of phenolic OH excluding ortho intramolecular Hbond substituents is 1. The van der Waals surface area contributed by atoms with Crippen LogP contribution in [0.2, 0.25) is 0 Å². The number of nitrogens with one attached hydrogen (secondary N) is 1. The number of hydrogen-bond donors (Lipinski definition) is 2. The van der Waals surface area contributed by atoms with Gasteiger partial charge < -0.3 is 15.3 Å². The average Bonchev–Trinajstić information content (AvgIpc) is 2.42. The molecule has 1 saturated heterocycles. The molecular weight excluding hydrogens is 289 g/mol. The van der Waals surface area contributed by atoms with E-state index in [4.69, 9.17) is 0 Å². The summed E-state index contributed by atoms with van der Waals surface area (Å²) in [6, 6.07) is 4.41. The van der Waals surface area contributed by atoms with Crippen LogP contribution in [0.4, 0.5) is 4.39 Å². The number of nitrogens with zero attached hydrogens (tertiary/aromatic N) is 2. The minimum atomic E-state index is -0.597. The summed E-state index contributed by atoms with van der Waals surface area (Å²) in [5.74, 6) is 0.983. The van der Waals surface area contributed by atoms with Crippen molar-refractivity contribution in [1.82, 2.24) is 10.2 Å². The van der Waals surface area contributed by atoms with Gasteiger partial charge in [-0.15, -0.1) is 0 Å². The van der Waals surface area contributed by atoms with Crippen LogP contribution in [0.15, 0.2) is 23.2 Å². The molecule has 0 radical (unpaired) electrons. The van der Waals surface area contributed by atoms with Crippen molar-refractivity contribution in [1.29, 1.82) is 0 Å². The van der Waals surface area contributed by atoms with Gasteiger partial charge in [0.05, 0.1) is 0 Å². The molecule has 0 spiro atoms. The Morgan fingerprint density at radius 1 is 1.52 bits per heavy atom. The van der Waals surface area contributed by atoms with Crippen molar-refractivity contribution in [2.24, 2.45) is 4.99 Å². The van der Waals surface area contributed by atoms with Crippen LogP contribution in [0.3, 0.4) is 0 Å². The average molecular weight is 311 g/mol. The number of thioether (sulfide) groups is 1. The van der Waals surface area contributed by atoms with Gasteiger partial charge in [0, 0.05) is 37.2 Å². The maximum Gasteiger partial charge on any atom is 0.193 e. The highest BCUT2D eigenvalue weighted by Gasteiger charge is 2.28. The van der Waals surface area contributed by atoms with Crippen molar-refractivity contribution < 1.29 is 9.50 Å². The summed E-state index contributed by atoms with van der Waals surface area (Å²) < 4.78 is 13.5. The molecule has 0 unspecified atom stereocenters. The second-order valence-corrected chi connectivity index (χ2v) is 7.52. The molecule has 1 aliphatic rings. The van der Waals surface area contributed by atoms with E-state index in [-0.39, 0.29) is 10.5 Å². The highest BCUT2D eigenvalue weighted by molar-refractivity contribution is 8.00. The topological polar surface area (TPSA) is 47.9 Å². The molecular formula is C15H22FN3OS. The second kappa shape index (κ2) is 6.56. The Balaban J connectivity index is 1.98. The first-order chi connectivity index (χ1) is 9.91. The van der Waals surface area contributed by atoms with E-state index in [1.54, 1.807) is 13.1 Å². The third-order valence-electron chi connectivity index (χ3n) is 3.40. The SMILES string of the molecule is CN=C(NCc1ccc(O)c(F)c1)N1CCSC(C)(C)C1. The van der Waals surface area contributed by atoms with E-state index in [0.29, 0.717) is 6.54 Å². The lowest BCUT2D eigenvalue weighted by molar-refractivity contribution is 0.375. The molecule has 0 saturated carbocycles. The Labute approximate surface area is 129 Å². The molecule has 21 heavy (non-hydrogen) atoms. The van der Waals surface area contributed by atoms with Crippen molar-refractivity contribution in [3.63, 3.8) is 0 Å². The van der Waals surface area contributed by atoms with Crippen molar-refractivity contribution in [3.8, 4) is 5.75 Å². The first kappa shape index (κ1) is 15.9. The first-order valence-electron chi connectivity index (χ1n) is 6.98. The monoisotopic (exact) mass is 311 g/mol. The van der Waals surface area contributed by atoms with E-state index >= 15 is 0 Å². The number of phenols is 1. The predicted octanol–water partition coefficient (Wildman–Crippen LogP) is 2.43. The van der Waals surface area contributed by atoms with Gasteiger partial charge in [-0.25, -0.2) is 4.39 Å². The Kier molecular flexibility index (Phi) is 4.98. The minimum absolute atomic E-state index is 0.209. The molecule has 0 aromatic heterocycles. The van der Waals surface area contributed by atoms with Gasteiger partial charge >= 0.3 is 0 Å². The molecule has 1 aromatic carbocycles. The highest BCUT2D eigenvalue weighted by Crippen LogP contribution is 2.29. The van der Waals surface area contributed by atoms with Gasteiger partial charge in [-0.05, 0) is 31.5 Å². The van der Waals surface area contributed by atoms with Gasteiger partial charge in [0.25, 0.3) is 0 Å². The largest absolute Gasteiger partial charge is 0.505 e. The maximum atomic E-state index is 13.3. The quantitative estimate of drug-likeness (QED) is 0.650. The zero-order valence-corrected chi connectivity index (χ0v) is 13.5. The van der Waals surface area contributed by atoms with Gasteiger partial charge in [-0.3, -0.25) is 4.99 Å². The van der Waals surface area contributed by atoms with Crippen LogP contribution in [0.5, 0.6) is 5.75 Å².